The van der Waals surface area contributed by atoms with E-state index in [2.05, 4.69) is 5.23 Å². The van der Waals surface area contributed by atoms with Crippen molar-refractivity contribution in [1.29, 1.82) is 0 Å². The number of hydrogen-bond donors (Lipinski definition) is 0. The third kappa shape index (κ3) is 4.52. The normalized spacial score (nSPS) is 14.9. The number of nitro benzene ring substituents is 1. The van der Waals surface area contributed by atoms with Crippen molar-refractivity contribution < 1.29 is 47.1 Å². The third-order valence-corrected chi connectivity index (χ3v) is 2.43. The Kier molecular flexibility index (Phi) is 8.41. The average molecular weight is 337 g/mol. The molecule has 99 valence electrons. The Bertz CT molecular complexity index is 427. The van der Waals surface area contributed by atoms with Crippen molar-refractivity contribution in [2.45, 2.75) is 12.7 Å². The van der Waals surface area contributed by atoms with Gasteiger partial charge in [-0.15, -0.1) is 0 Å². The maximum absolute atomic E-state index is 10.7. The summed E-state index contributed by atoms with van der Waals surface area (Å²) in [6.45, 7) is 1.22. The summed E-state index contributed by atoms with van der Waals surface area (Å²) in [6.07, 6.45) is 0.350. The summed E-state index contributed by atoms with van der Waals surface area (Å²) in [5.41, 5.74) is 0.664. The van der Waals surface area contributed by atoms with Gasteiger partial charge in [-0.3, -0.25) is 10.1 Å². The van der Waals surface area contributed by atoms with Crippen LogP contribution in [0.2, 0.25) is 0 Å². The fourth-order valence-corrected chi connectivity index (χ4v) is 1.63. The van der Waals surface area contributed by atoms with Gasteiger partial charge in [0.2, 0.25) is 0 Å². The minimum Gasteiger partial charge on any atom is -0.715 e. The van der Waals surface area contributed by atoms with Crippen LogP contribution in [0.1, 0.15) is 18.3 Å². The first kappa shape index (κ1) is 18.5. The van der Waals surface area contributed by atoms with Gasteiger partial charge in [0, 0.05) is 44.3 Å². The smallest absolute Gasteiger partial charge is 0.254 e. The zero-order valence-corrected chi connectivity index (χ0v) is 13.5. The molecule has 1 aliphatic rings. The maximum atomic E-state index is 10.7. The molecule has 2 rings (SSSR count). The molecule has 0 aromatic heterocycles. The Morgan fingerprint density at radius 3 is 2.53 bits per heavy atom. The molecule has 6 nitrogen and oxygen atoms in total. The van der Waals surface area contributed by atoms with E-state index in [1.165, 1.54) is 12.1 Å². The maximum Gasteiger partial charge on any atom is 0.254 e. The first-order valence-corrected chi connectivity index (χ1v) is 5.15. The molecule has 19 heavy (non-hydrogen) atoms. The number of nitrogens with zero attached hydrogens (tertiary/aromatic N) is 2. The Balaban J connectivity index is 0.00000162. The Morgan fingerprint density at radius 2 is 2.00 bits per heavy atom. The monoisotopic (exact) mass is 337 g/mol. The predicted octanol–water partition coefficient (Wildman–Crippen LogP) is 2.57. The molecular formula is C11H13BN2O4Y-2. The van der Waals surface area contributed by atoms with E-state index in [1.807, 2.05) is 0 Å². The van der Waals surface area contributed by atoms with E-state index < -0.39 is 11.2 Å². The van der Waals surface area contributed by atoms with E-state index in [9.17, 15) is 10.1 Å². The average Bonchev–Trinajstić information content (AvgIpc) is 2.39. The van der Waals surface area contributed by atoms with Gasteiger partial charge < -0.3 is 22.1 Å². The molecule has 0 unspecified atom stereocenters. The van der Waals surface area contributed by atoms with E-state index >= 15 is 0 Å². The zero-order valence-electron chi connectivity index (χ0n) is 10.6. The summed E-state index contributed by atoms with van der Waals surface area (Å²) in [5, 5.41) is 14.1. The Morgan fingerprint density at radius 1 is 1.37 bits per heavy atom. The molecule has 1 aromatic rings. The van der Waals surface area contributed by atoms with Gasteiger partial charge >= 0.3 is 0 Å². The van der Waals surface area contributed by atoms with Crippen molar-refractivity contribution in [3.8, 4) is 0 Å². The van der Waals surface area contributed by atoms with Gasteiger partial charge in [-0.05, 0) is 12.5 Å². The van der Waals surface area contributed by atoms with E-state index in [0.717, 1.165) is 6.42 Å². The molecule has 0 amide bonds. The van der Waals surface area contributed by atoms with Crippen LogP contribution < -0.4 is 0 Å². The molecule has 1 aromatic carbocycles. The largest absolute Gasteiger partial charge is 0.715 e. The summed E-state index contributed by atoms with van der Waals surface area (Å²) < 4.78 is 10.8. The van der Waals surface area contributed by atoms with Crippen molar-refractivity contribution >= 4 is 19.4 Å². The number of rotatable bonds is 3. The quantitative estimate of drug-likeness (QED) is 0.368. The molecule has 8 heteroatoms. The molecule has 0 aliphatic carbocycles. The van der Waals surface area contributed by atoms with E-state index in [-0.39, 0.29) is 51.5 Å². The van der Waals surface area contributed by atoms with Crippen LogP contribution in [0.15, 0.2) is 18.2 Å². The van der Waals surface area contributed by atoms with Crippen LogP contribution in [0.4, 0.5) is 11.4 Å². The fourth-order valence-electron chi connectivity index (χ4n) is 1.63. The zero-order chi connectivity index (χ0) is 12.3. The fraction of sp³-hybridized carbons (Fsp3) is 0.364. The molecule has 1 heterocycles. The van der Waals surface area contributed by atoms with Crippen LogP contribution in [0.25, 0.3) is 5.23 Å². The van der Waals surface area contributed by atoms with E-state index in [1.54, 1.807) is 6.07 Å². The standard InChI is InChI=1S/C10H10BN2O4.CH3.Y/c11-12-8-6-7(2-3-9(8)13(14)15)10-16-4-1-5-17-10;;/h2-3,6,10H,1,4-5H2;1H3;/q2*-1;. The predicted molar refractivity (Wildman–Crippen MR) is 67.5 cm³/mol. The van der Waals surface area contributed by atoms with Crippen LogP contribution in [0.5, 0.6) is 0 Å². The molecule has 0 bridgehead atoms. The third-order valence-electron chi connectivity index (χ3n) is 2.43. The Hall–Kier alpha value is -0.491. The molecule has 1 saturated heterocycles. The van der Waals surface area contributed by atoms with Crippen molar-refractivity contribution in [3.63, 3.8) is 0 Å². The summed E-state index contributed by atoms with van der Waals surface area (Å²) in [4.78, 5) is 10.2. The molecule has 1 fully saturated rings. The van der Waals surface area contributed by atoms with Crippen LogP contribution >= 0.6 is 0 Å². The van der Waals surface area contributed by atoms with Gasteiger partial charge in [0.1, 0.15) is 0 Å². The SMILES string of the molecule is [B][N-]c1cc(C2OCCCO2)ccc1[N+](=O)[O-].[CH3-].[Y]. The van der Waals surface area contributed by atoms with Gasteiger partial charge in [0.05, 0.1) is 18.1 Å². The summed E-state index contributed by atoms with van der Waals surface area (Å²) in [5.74, 6) is 0. The van der Waals surface area contributed by atoms with E-state index in [0.29, 0.717) is 18.8 Å². The van der Waals surface area contributed by atoms with Gasteiger partial charge in [-0.2, -0.15) is 0 Å². The minimum atomic E-state index is -0.530. The van der Waals surface area contributed by atoms with Crippen LogP contribution in [0.3, 0.4) is 0 Å². The first-order valence-electron chi connectivity index (χ1n) is 5.15. The van der Waals surface area contributed by atoms with Crippen molar-refractivity contribution in [2.24, 2.45) is 0 Å². The van der Waals surface area contributed by atoms with Gasteiger partial charge in [-0.1, -0.05) is 19.7 Å². The van der Waals surface area contributed by atoms with Crippen LogP contribution in [0, 0.1) is 17.5 Å². The van der Waals surface area contributed by atoms with Crippen molar-refractivity contribution in [2.75, 3.05) is 13.2 Å². The molecule has 1 aliphatic heterocycles. The van der Waals surface area contributed by atoms with E-state index in [4.69, 9.17) is 17.5 Å². The molecule has 0 atom stereocenters. The molecule has 0 saturated carbocycles. The molecule has 3 radical (unpaired) electrons. The number of ether oxygens (including phenoxy) is 2. The van der Waals surface area contributed by atoms with Crippen LogP contribution in [-0.2, 0) is 42.2 Å². The van der Waals surface area contributed by atoms with Gasteiger partial charge in [0.25, 0.3) is 5.69 Å². The molecule has 0 N–H and O–H groups in total. The minimum absolute atomic E-state index is 0. The van der Waals surface area contributed by atoms with Crippen LogP contribution in [-0.4, -0.2) is 26.1 Å². The summed E-state index contributed by atoms with van der Waals surface area (Å²) in [6, 6.07) is 4.44. The van der Waals surface area contributed by atoms with Crippen molar-refractivity contribution in [1.82, 2.24) is 0 Å². The molecule has 0 spiro atoms. The van der Waals surface area contributed by atoms with Crippen molar-refractivity contribution in [3.05, 3.63) is 46.5 Å². The van der Waals surface area contributed by atoms with Gasteiger partial charge in [0.15, 0.2) is 6.29 Å². The summed E-state index contributed by atoms with van der Waals surface area (Å²) in [7, 11) is 5.13. The Labute approximate surface area is 138 Å². The second-order valence-corrected chi connectivity index (χ2v) is 3.56. The number of nitro groups is 1. The second-order valence-electron chi connectivity index (χ2n) is 3.56. The first-order chi connectivity index (χ1) is 8.22. The number of hydrogen-bond acceptors (Lipinski definition) is 4. The summed E-state index contributed by atoms with van der Waals surface area (Å²) >= 11 is 0. The second kappa shape index (κ2) is 8.63. The van der Waals surface area contributed by atoms with Gasteiger partial charge in [-0.25, -0.2) is 0 Å². The molecular weight excluding hydrogens is 324 g/mol. The number of benzene rings is 1. The topological polar surface area (TPSA) is 75.7 Å².